The smallest absolute Gasteiger partial charge is 0.321 e. The topological polar surface area (TPSA) is 102 Å². The van der Waals surface area contributed by atoms with Gasteiger partial charge < -0.3 is 10.1 Å². The number of sulfonamides is 1. The number of benzene rings is 2. The van der Waals surface area contributed by atoms with Gasteiger partial charge in [-0.1, -0.05) is 38.1 Å². The summed E-state index contributed by atoms with van der Waals surface area (Å²) in [6.45, 7) is 2.79. The van der Waals surface area contributed by atoms with E-state index in [9.17, 15) is 22.4 Å². The van der Waals surface area contributed by atoms with Crippen molar-refractivity contribution in [2.45, 2.75) is 24.7 Å². The second-order valence-corrected chi connectivity index (χ2v) is 7.98. The lowest BCUT2D eigenvalue weighted by atomic mass is 10.0. The number of carbonyl (C=O) groups is 2. The first-order valence-corrected chi connectivity index (χ1v) is 9.97. The van der Waals surface area contributed by atoms with E-state index in [1.165, 1.54) is 12.1 Å². The average molecular weight is 408 g/mol. The number of carbonyl (C=O) groups excluding carboxylic acids is 2. The van der Waals surface area contributed by atoms with Crippen LogP contribution in [-0.4, -0.2) is 33.4 Å². The summed E-state index contributed by atoms with van der Waals surface area (Å²) in [7, 11) is -4.21. The largest absolute Gasteiger partial charge is 0.455 e. The molecule has 0 saturated carbocycles. The molecule has 0 unspecified atom stereocenters. The predicted molar refractivity (Wildman–Crippen MR) is 102 cm³/mol. The van der Waals surface area contributed by atoms with Crippen LogP contribution in [0.5, 0.6) is 0 Å². The highest BCUT2D eigenvalue weighted by atomic mass is 32.2. The minimum Gasteiger partial charge on any atom is -0.455 e. The minimum atomic E-state index is -4.21. The molecule has 9 heteroatoms. The Morgan fingerprint density at radius 2 is 1.71 bits per heavy atom. The van der Waals surface area contributed by atoms with Crippen molar-refractivity contribution in [3.8, 4) is 0 Å². The van der Waals surface area contributed by atoms with Gasteiger partial charge in [0, 0.05) is 5.69 Å². The summed E-state index contributed by atoms with van der Waals surface area (Å²) >= 11 is 0. The normalized spacial score (nSPS) is 11.3. The van der Waals surface area contributed by atoms with Crippen LogP contribution in [0.15, 0.2) is 53.4 Å². The molecule has 0 atom stereocenters. The Morgan fingerprint density at radius 3 is 2.32 bits per heavy atom. The number of anilines is 1. The molecule has 2 N–H and O–H groups in total. The fourth-order valence-electron chi connectivity index (χ4n) is 2.24. The monoisotopic (exact) mass is 408 g/mol. The molecule has 0 aliphatic carbocycles. The number of rotatable bonds is 8. The van der Waals surface area contributed by atoms with Crippen molar-refractivity contribution in [2.24, 2.45) is 0 Å². The zero-order valence-corrected chi connectivity index (χ0v) is 16.3. The summed E-state index contributed by atoms with van der Waals surface area (Å²) < 4.78 is 44.2. The fraction of sp³-hybridized carbons (Fsp3) is 0.263. The number of nitrogens with one attached hydrogen (secondary N) is 2. The summed E-state index contributed by atoms with van der Waals surface area (Å²) in [6.07, 6.45) is 0. The lowest BCUT2D eigenvalue weighted by Gasteiger charge is -2.10. The molecule has 0 aliphatic heterocycles. The standard InChI is InChI=1S/C19H21FN2O5S/c1-13(2)14-7-9-15(10-8-14)22-18(23)12-27-19(24)11-21-28(25,26)17-6-4-3-5-16(17)20/h3-10,13,21H,11-12H2,1-2H3,(H,22,23). The van der Waals surface area contributed by atoms with Gasteiger partial charge in [-0.2, -0.15) is 4.72 Å². The summed E-state index contributed by atoms with van der Waals surface area (Å²) in [5, 5.41) is 2.56. The van der Waals surface area contributed by atoms with Crippen LogP contribution in [0.2, 0.25) is 0 Å². The summed E-state index contributed by atoms with van der Waals surface area (Å²) in [6, 6.07) is 12.0. The van der Waals surface area contributed by atoms with Crippen LogP contribution >= 0.6 is 0 Å². The van der Waals surface area contributed by atoms with Crippen molar-refractivity contribution in [3.05, 3.63) is 59.9 Å². The Hall–Kier alpha value is -2.78. The zero-order valence-electron chi connectivity index (χ0n) is 15.4. The Balaban J connectivity index is 1.80. The highest BCUT2D eigenvalue weighted by Crippen LogP contribution is 2.17. The van der Waals surface area contributed by atoms with E-state index in [1.807, 2.05) is 30.7 Å². The first-order chi connectivity index (χ1) is 13.2. The molecule has 2 aromatic rings. The van der Waals surface area contributed by atoms with Gasteiger partial charge in [-0.15, -0.1) is 0 Å². The second-order valence-electron chi connectivity index (χ2n) is 6.24. The van der Waals surface area contributed by atoms with E-state index >= 15 is 0 Å². The molecular weight excluding hydrogens is 387 g/mol. The van der Waals surface area contributed by atoms with Gasteiger partial charge in [0.05, 0.1) is 0 Å². The summed E-state index contributed by atoms with van der Waals surface area (Å²) in [4.78, 5) is 22.9. The molecule has 0 fully saturated rings. The third-order valence-corrected chi connectivity index (χ3v) is 5.19. The van der Waals surface area contributed by atoms with E-state index in [4.69, 9.17) is 4.74 Å². The SMILES string of the molecule is CC(C)c1ccc(NC(=O)COC(=O)CNS(=O)(=O)c2ccccc2F)cc1. The van der Waals surface area contributed by atoms with Crippen molar-refractivity contribution < 1.29 is 27.1 Å². The van der Waals surface area contributed by atoms with Gasteiger partial charge in [0.1, 0.15) is 17.3 Å². The lowest BCUT2D eigenvalue weighted by molar-refractivity contribution is -0.146. The highest BCUT2D eigenvalue weighted by Gasteiger charge is 2.20. The molecule has 2 aromatic carbocycles. The first kappa shape index (κ1) is 21.5. The number of ether oxygens (including phenoxy) is 1. The maximum atomic E-state index is 13.6. The molecule has 0 heterocycles. The van der Waals surface area contributed by atoms with E-state index in [0.29, 0.717) is 11.6 Å². The van der Waals surface area contributed by atoms with Crippen molar-refractivity contribution in [3.63, 3.8) is 0 Å². The van der Waals surface area contributed by atoms with Gasteiger partial charge >= 0.3 is 5.97 Å². The van der Waals surface area contributed by atoms with E-state index < -0.39 is 45.8 Å². The number of hydrogen-bond acceptors (Lipinski definition) is 5. The highest BCUT2D eigenvalue weighted by molar-refractivity contribution is 7.89. The molecule has 0 bridgehead atoms. The molecule has 150 valence electrons. The maximum absolute atomic E-state index is 13.6. The Labute approximate surface area is 163 Å². The molecule has 0 aromatic heterocycles. The van der Waals surface area contributed by atoms with Crippen molar-refractivity contribution in [1.82, 2.24) is 4.72 Å². The van der Waals surface area contributed by atoms with Gasteiger partial charge in [-0.05, 0) is 35.7 Å². The molecule has 2 rings (SSSR count). The molecule has 0 aliphatic rings. The van der Waals surface area contributed by atoms with E-state index in [-0.39, 0.29) is 0 Å². The lowest BCUT2D eigenvalue weighted by Crippen LogP contribution is -2.32. The molecule has 0 radical (unpaired) electrons. The molecule has 1 amide bonds. The van der Waals surface area contributed by atoms with Crippen LogP contribution in [-0.2, 0) is 24.3 Å². The number of amides is 1. The third kappa shape index (κ3) is 6.14. The van der Waals surface area contributed by atoms with Crippen molar-refractivity contribution in [2.75, 3.05) is 18.5 Å². The second kappa shape index (κ2) is 9.43. The average Bonchev–Trinajstić information content (AvgIpc) is 2.65. The maximum Gasteiger partial charge on any atom is 0.321 e. The van der Waals surface area contributed by atoms with Gasteiger partial charge in [0.2, 0.25) is 10.0 Å². The Morgan fingerprint density at radius 1 is 1.07 bits per heavy atom. The number of esters is 1. The molecule has 0 spiro atoms. The third-order valence-electron chi connectivity index (χ3n) is 3.76. The summed E-state index contributed by atoms with van der Waals surface area (Å²) in [5.41, 5.74) is 1.66. The van der Waals surface area contributed by atoms with E-state index in [2.05, 4.69) is 5.32 Å². The van der Waals surface area contributed by atoms with Crippen LogP contribution in [0.25, 0.3) is 0 Å². The van der Waals surface area contributed by atoms with Crippen LogP contribution in [0.1, 0.15) is 25.3 Å². The predicted octanol–water partition coefficient (Wildman–Crippen LogP) is 2.41. The number of halogens is 1. The fourth-order valence-corrected chi connectivity index (χ4v) is 3.29. The Bertz CT molecular complexity index is 943. The van der Waals surface area contributed by atoms with Crippen molar-refractivity contribution in [1.29, 1.82) is 0 Å². The Kier molecular flexibility index (Phi) is 7.24. The number of hydrogen-bond donors (Lipinski definition) is 2. The van der Waals surface area contributed by atoms with Gasteiger partial charge in [0.25, 0.3) is 5.91 Å². The minimum absolute atomic E-state index is 0.360. The molecule has 0 saturated heterocycles. The van der Waals surface area contributed by atoms with Crippen LogP contribution in [0, 0.1) is 5.82 Å². The zero-order chi connectivity index (χ0) is 20.7. The molecule has 28 heavy (non-hydrogen) atoms. The van der Waals surface area contributed by atoms with E-state index in [0.717, 1.165) is 17.7 Å². The molecular formula is C19H21FN2O5S. The van der Waals surface area contributed by atoms with Crippen LogP contribution in [0.3, 0.4) is 0 Å². The van der Waals surface area contributed by atoms with E-state index in [1.54, 1.807) is 12.1 Å². The quantitative estimate of drug-likeness (QED) is 0.653. The van der Waals surface area contributed by atoms with Gasteiger partial charge in [0.15, 0.2) is 6.61 Å². The molecule has 7 nitrogen and oxygen atoms in total. The van der Waals surface area contributed by atoms with Crippen molar-refractivity contribution >= 4 is 27.6 Å². The van der Waals surface area contributed by atoms with Crippen LogP contribution in [0.4, 0.5) is 10.1 Å². The van der Waals surface area contributed by atoms with Gasteiger partial charge in [-0.25, -0.2) is 12.8 Å². The summed E-state index contributed by atoms with van der Waals surface area (Å²) in [5.74, 6) is -2.11. The van der Waals surface area contributed by atoms with Crippen LogP contribution < -0.4 is 10.0 Å². The van der Waals surface area contributed by atoms with Gasteiger partial charge in [-0.3, -0.25) is 9.59 Å². The first-order valence-electron chi connectivity index (χ1n) is 8.48.